The molecule has 0 fully saturated rings. The van der Waals surface area contributed by atoms with Gasteiger partial charge in [-0.15, -0.1) is 0 Å². The lowest BCUT2D eigenvalue weighted by Gasteiger charge is -2.22. The molecule has 0 spiro atoms. The second-order valence-corrected chi connectivity index (χ2v) is 4.99. The predicted octanol–water partition coefficient (Wildman–Crippen LogP) is 2.27. The van der Waals surface area contributed by atoms with Crippen molar-refractivity contribution in [3.63, 3.8) is 0 Å². The number of nitrogens with two attached hydrogens (primary N) is 1. The van der Waals surface area contributed by atoms with E-state index in [1.807, 2.05) is 32.4 Å². The van der Waals surface area contributed by atoms with Crippen LogP contribution in [-0.2, 0) is 13.0 Å². The van der Waals surface area contributed by atoms with Crippen LogP contribution in [0.15, 0.2) is 18.5 Å². The minimum atomic E-state index is 0.334. The van der Waals surface area contributed by atoms with Crippen LogP contribution in [0.3, 0.4) is 0 Å². The van der Waals surface area contributed by atoms with Crippen molar-refractivity contribution in [2.24, 2.45) is 0 Å². The van der Waals surface area contributed by atoms with E-state index >= 15 is 0 Å². The molecule has 0 bridgehead atoms. The van der Waals surface area contributed by atoms with Gasteiger partial charge in [-0.1, -0.05) is 6.92 Å². The molecule has 2 aromatic heterocycles. The van der Waals surface area contributed by atoms with Crippen molar-refractivity contribution >= 4 is 11.8 Å². The Balaban J connectivity index is 2.32. The fourth-order valence-corrected chi connectivity index (χ4v) is 2.29. The molecule has 2 N–H and O–H groups in total. The van der Waals surface area contributed by atoms with Gasteiger partial charge in [-0.3, -0.25) is 4.98 Å². The number of hydrogen-bond acceptors (Lipinski definition) is 5. The molecule has 5 nitrogen and oxygen atoms in total. The zero-order valence-electron chi connectivity index (χ0n) is 12.5. The molecule has 0 atom stereocenters. The second-order valence-electron chi connectivity index (χ2n) is 4.99. The highest BCUT2D eigenvalue weighted by atomic mass is 15.2. The Bertz CT molecular complexity index is 609. The van der Waals surface area contributed by atoms with Crippen molar-refractivity contribution in [2.45, 2.75) is 33.7 Å². The zero-order chi connectivity index (χ0) is 14.7. The van der Waals surface area contributed by atoms with Crippen LogP contribution in [0.4, 0.5) is 11.8 Å². The molecule has 0 aliphatic carbocycles. The molecule has 2 rings (SSSR count). The Morgan fingerprint density at radius 1 is 1.25 bits per heavy atom. The van der Waals surface area contributed by atoms with Gasteiger partial charge >= 0.3 is 0 Å². The van der Waals surface area contributed by atoms with Crippen molar-refractivity contribution in [2.75, 3.05) is 17.7 Å². The third-order valence-electron chi connectivity index (χ3n) is 3.48. The SMILES string of the molecule is CCc1nc(N)nc(N(C)Cc2ccncc2C)c1C. The number of nitrogens with zero attached hydrogens (tertiary/aromatic N) is 4. The normalized spacial score (nSPS) is 10.6. The Morgan fingerprint density at radius 2 is 2.00 bits per heavy atom. The quantitative estimate of drug-likeness (QED) is 0.924. The summed E-state index contributed by atoms with van der Waals surface area (Å²) in [5, 5.41) is 0. The van der Waals surface area contributed by atoms with Gasteiger partial charge in [-0.05, 0) is 37.5 Å². The largest absolute Gasteiger partial charge is 0.368 e. The fourth-order valence-electron chi connectivity index (χ4n) is 2.29. The van der Waals surface area contributed by atoms with Crippen LogP contribution in [-0.4, -0.2) is 22.0 Å². The Kier molecular flexibility index (Phi) is 4.17. The molecule has 0 saturated carbocycles. The zero-order valence-corrected chi connectivity index (χ0v) is 12.5. The number of pyridine rings is 1. The maximum Gasteiger partial charge on any atom is 0.222 e. The minimum Gasteiger partial charge on any atom is -0.368 e. The Morgan fingerprint density at radius 3 is 2.65 bits per heavy atom. The van der Waals surface area contributed by atoms with Gasteiger partial charge in [0.25, 0.3) is 0 Å². The standard InChI is InChI=1S/C15H21N5/c1-5-13-11(3)14(19-15(16)18-13)20(4)9-12-6-7-17-8-10(12)2/h6-8H,5,9H2,1-4H3,(H2,16,18,19). The van der Waals surface area contributed by atoms with E-state index in [1.165, 1.54) is 11.1 Å². The van der Waals surface area contributed by atoms with Crippen LogP contribution < -0.4 is 10.6 Å². The Labute approximate surface area is 119 Å². The highest BCUT2D eigenvalue weighted by Gasteiger charge is 2.13. The average molecular weight is 271 g/mol. The van der Waals surface area contributed by atoms with Crippen LogP contribution in [0.5, 0.6) is 0 Å². The molecule has 20 heavy (non-hydrogen) atoms. The first-order chi connectivity index (χ1) is 9.52. The van der Waals surface area contributed by atoms with Gasteiger partial charge < -0.3 is 10.6 Å². The Hall–Kier alpha value is -2.17. The third-order valence-corrected chi connectivity index (χ3v) is 3.48. The molecular formula is C15H21N5. The number of nitrogen functional groups attached to an aromatic ring is 1. The monoisotopic (exact) mass is 271 g/mol. The molecule has 0 amide bonds. The molecule has 0 aromatic carbocycles. The van der Waals surface area contributed by atoms with E-state index in [0.717, 1.165) is 30.0 Å². The van der Waals surface area contributed by atoms with Crippen LogP contribution in [0.1, 0.15) is 29.3 Å². The van der Waals surface area contributed by atoms with E-state index < -0.39 is 0 Å². The van der Waals surface area contributed by atoms with E-state index in [4.69, 9.17) is 5.73 Å². The van der Waals surface area contributed by atoms with E-state index in [2.05, 4.69) is 33.7 Å². The van der Waals surface area contributed by atoms with E-state index in [-0.39, 0.29) is 0 Å². The predicted molar refractivity (Wildman–Crippen MR) is 81.6 cm³/mol. The minimum absolute atomic E-state index is 0.334. The molecule has 0 saturated heterocycles. The van der Waals surface area contributed by atoms with Gasteiger partial charge in [-0.2, -0.15) is 4.98 Å². The highest BCUT2D eigenvalue weighted by molar-refractivity contribution is 5.51. The van der Waals surface area contributed by atoms with Gasteiger partial charge in [0, 0.05) is 31.5 Å². The van der Waals surface area contributed by atoms with Crippen molar-refractivity contribution in [3.05, 3.63) is 40.8 Å². The summed E-state index contributed by atoms with van der Waals surface area (Å²) in [4.78, 5) is 14.9. The van der Waals surface area contributed by atoms with Crippen molar-refractivity contribution in [3.8, 4) is 0 Å². The maximum atomic E-state index is 5.81. The molecule has 5 heteroatoms. The third kappa shape index (κ3) is 2.87. The number of anilines is 2. The molecule has 106 valence electrons. The molecule has 0 aliphatic heterocycles. The van der Waals surface area contributed by atoms with Crippen molar-refractivity contribution in [1.29, 1.82) is 0 Å². The van der Waals surface area contributed by atoms with Gasteiger partial charge in [0.15, 0.2) is 0 Å². The van der Waals surface area contributed by atoms with Crippen molar-refractivity contribution in [1.82, 2.24) is 15.0 Å². The van der Waals surface area contributed by atoms with Gasteiger partial charge in [0.2, 0.25) is 5.95 Å². The summed E-state index contributed by atoms with van der Waals surface area (Å²) in [6, 6.07) is 2.03. The first kappa shape index (κ1) is 14.2. The summed E-state index contributed by atoms with van der Waals surface area (Å²) in [5.74, 6) is 1.23. The van der Waals surface area contributed by atoms with Crippen LogP contribution >= 0.6 is 0 Å². The fraction of sp³-hybridized carbons (Fsp3) is 0.400. The number of aryl methyl sites for hydroxylation is 2. The van der Waals surface area contributed by atoms with Crippen LogP contribution in [0, 0.1) is 13.8 Å². The summed E-state index contributed by atoms with van der Waals surface area (Å²) in [6.45, 7) is 6.96. The first-order valence-electron chi connectivity index (χ1n) is 6.76. The summed E-state index contributed by atoms with van der Waals surface area (Å²) < 4.78 is 0. The van der Waals surface area contributed by atoms with Gasteiger partial charge in [-0.25, -0.2) is 4.98 Å². The lowest BCUT2D eigenvalue weighted by molar-refractivity contribution is 0.861. The molecule has 2 aromatic rings. The second kappa shape index (κ2) is 5.86. The molecule has 2 heterocycles. The lowest BCUT2D eigenvalue weighted by Crippen LogP contribution is -2.21. The van der Waals surface area contributed by atoms with E-state index in [0.29, 0.717) is 5.95 Å². The number of hydrogen-bond donors (Lipinski definition) is 1. The number of aromatic nitrogens is 3. The van der Waals surface area contributed by atoms with Crippen molar-refractivity contribution < 1.29 is 0 Å². The highest BCUT2D eigenvalue weighted by Crippen LogP contribution is 2.22. The average Bonchev–Trinajstić information content (AvgIpc) is 2.43. The molecule has 0 unspecified atom stereocenters. The summed E-state index contributed by atoms with van der Waals surface area (Å²) in [5.41, 5.74) is 10.3. The van der Waals surface area contributed by atoms with Gasteiger partial charge in [0.1, 0.15) is 5.82 Å². The molecule has 0 aliphatic rings. The topological polar surface area (TPSA) is 67.9 Å². The summed E-state index contributed by atoms with van der Waals surface area (Å²) in [7, 11) is 2.02. The summed E-state index contributed by atoms with van der Waals surface area (Å²) >= 11 is 0. The lowest BCUT2D eigenvalue weighted by atomic mass is 10.1. The smallest absolute Gasteiger partial charge is 0.222 e. The molecule has 0 radical (unpaired) electrons. The summed E-state index contributed by atoms with van der Waals surface area (Å²) in [6.07, 6.45) is 4.55. The molecular weight excluding hydrogens is 250 g/mol. The van der Waals surface area contributed by atoms with Gasteiger partial charge in [0.05, 0.1) is 5.69 Å². The van der Waals surface area contributed by atoms with E-state index in [1.54, 1.807) is 0 Å². The maximum absolute atomic E-state index is 5.81. The van der Waals surface area contributed by atoms with Crippen LogP contribution in [0.25, 0.3) is 0 Å². The number of rotatable bonds is 4. The van der Waals surface area contributed by atoms with E-state index in [9.17, 15) is 0 Å². The first-order valence-corrected chi connectivity index (χ1v) is 6.76. The van der Waals surface area contributed by atoms with Crippen LogP contribution in [0.2, 0.25) is 0 Å².